The van der Waals surface area contributed by atoms with Crippen LogP contribution in [0.1, 0.15) is 50.6 Å². The van der Waals surface area contributed by atoms with Crippen LogP contribution in [0.4, 0.5) is 0 Å². The van der Waals surface area contributed by atoms with Crippen LogP contribution in [0.5, 0.6) is 0 Å². The lowest BCUT2D eigenvalue weighted by atomic mass is 9.96. The molecule has 1 saturated carbocycles. The molecule has 0 aromatic heterocycles. The largest absolute Gasteiger partial charge is 0.370 e. The zero-order valence-electron chi connectivity index (χ0n) is 11.4. The van der Waals surface area contributed by atoms with Crippen molar-refractivity contribution in [1.82, 2.24) is 5.32 Å². The molecule has 1 aromatic carbocycles. The second-order valence-electron chi connectivity index (χ2n) is 5.23. The van der Waals surface area contributed by atoms with E-state index in [9.17, 15) is 0 Å². The van der Waals surface area contributed by atoms with Crippen molar-refractivity contribution in [2.75, 3.05) is 0 Å². The molecule has 4 heteroatoms. The van der Waals surface area contributed by atoms with Crippen LogP contribution in [-0.4, -0.2) is 12.0 Å². The molecule has 0 spiro atoms. The fraction of sp³-hybridized carbons (Fsp3) is 0.533. The zero-order chi connectivity index (χ0) is 13.7. The SMILES string of the molecule is CC(NC(N)=NC1CCCCC1)c1cccc(Cl)c1. The molecule has 0 aliphatic heterocycles. The highest BCUT2D eigenvalue weighted by Crippen LogP contribution is 2.20. The third kappa shape index (κ3) is 4.43. The maximum Gasteiger partial charge on any atom is 0.189 e. The average Bonchev–Trinajstić information content (AvgIpc) is 2.39. The first kappa shape index (κ1) is 14.2. The van der Waals surface area contributed by atoms with Crippen LogP contribution in [0.25, 0.3) is 0 Å². The topological polar surface area (TPSA) is 50.4 Å². The summed E-state index contributed by atoms with van der Waals surface area (Å²) in [6.07, 6.45) is 6.19. The van der Waals surface area contributed by atoms with E-state index in [4.69, 9.17) is 17.3 Å². The molecule has 0 heterocycles. The van der Waals surface area contributed by atoms with Crippen molar-refractivity contribution in [3.8, 4) is 0 Å². The lowest BCUT2D eigenvalue weighted by Gasteiger charge is -2.20. The summed E-state index contributed by atoms with van der Waals surface area (Å²) in [6.45, 7) is 2.06. The standard InChI is InChI=1S/C15H22ClN3/c1-11(12-6-5-7-13(16)10-12)18-15(17)19-14-8-3-2-4-9-14/h5-7,10-11,14H,2-4,8-9H2,1H3,(H3,17,18,19). The number of rotatable bonds is 3. The number of nitrogens with zero attached hydrogens (tertiary/aromatic N) is 1. The average molecular weight is 280 g/mol. The Balaban J connectivity index is 1.93. The summed E-state index contributed by atoms with van der Waals surface area (Å²) in [5, 5.41) is 3.98. The van der Waals surface area contributed by atoms with Gasteiger partial charge in [-0.2, -0.15) is 0 Å². The Morgan fingerprint density at radius 1 is 1.37 bits per heavy atom. The van der Waals surface area contributed by atoms with E-state index in [1.807, 2.05) is 24.3 Å². The maximum atomic E-state index is 5.99. The maximum absolute atomic E-state index is 5.99. The van der Waals surface area contributed by atoms with E-state index in [2.05, 4.69) is 17.2 Å². The van der Waals surface area contributed by atoms with Crippen LogP contribution in [0.2, 0.25) is 5.02 Å². The first-order chi connectivity index (χ1) is 9.15. The van der Waals surface area contributed by atoms with Crippen LogP contribution in [0.15, 0.2) is 29.3 Å². The molecule has 1 unspecified atom stereocenters. The Bertz CT molecular complexity index is 439. The number of nitrogens with two attached hydrogens (primary N) is 1. The predicted octanol–water partition coefficient (Wildman–Crippen LogP) is 3.64. The van der Waals surface area contributed by atoms with Gasteiger partial charge in [0.2, 0.25) is 0 Å². The normalized spacial score (nSPS) is 19.2. The van der Waals surface area contributed by atoms with Gasteiger partial charge in [0.1, 0.15) is 0 Å². The van der Waals surface area contributed by atoms with Crippen molar-refractivity contribution >= 4 is 17.6 Å². The highest BCUT2D eigenvalue weighted by Gasteiger charge is 2.13. The van der Waals surface area contributed by atoms with Crippen molar-refractivity contribution in [3.05, 3.63) is 34.9 Å². The summed E-state index contributed by atoms with van der Waals surface area (Å²) in [7, 11) is 0. The first-order valence-corrected chi connectivity index (χ1v) is 7.38. The van der Waals surface area contributed by atoms with Crippen molar-refractivity contribution < 1.29 is 0 Å². The number of guanidine groups is 1. The van der Waals surface area contributed by atoms with Crippen molar-refractivity contribution in [2.24, 2.45) is 10.7 Å². The molecule has 19 heavy (non-hydrogen) atoms. The molecular formula is C15H22ClN3. The summed E-state index contributed by atoms with van der Waals surface area (Å²) in [4.78, 5) is 4.57. The molecule has 0 saturated heterocycles. The minimum atomic E-state index is 0.117. The monoisotopic (exact) mass is 279 g/mol. The van der Waals surface area contributed by atoms with Crippen molar-refractivity contribution in [2.45, 2.75) is 51.1 Å². The quantitative estimate of drug-likeness (QED) is 0.656. The second kappa shape index (κ2) is 6.80. The number of halogens is 1. The first-order valence-electron chi connectivity index (χ1n) is 7.00. The van der Waals surface area contributed by atoms with Crippen LogP contribution in [-0.2, 0) is 0 Å². The molecule has 104 valence electrons. The van der Waals surface area contributed by atoms with Crippen molar-refractivity contribution in [3.63, 3.8) is 0 Å². The predicted molar refractivity (Wildman–Crippen MR) is 81.5 cm³/mol. The Hall–Kier alpha value is -1.22. The summed E-state index contributed by atoms with van der Waals surface area (Å²) >= 11 is 5.99. The van der Waals surface area contributed by atoms with E-state index in [1.54, 1.807) is 0 Å². The Kier molecular flexibility index (Phi) is 5.08. The van der Waals surface area contributed by atoms with Gasteiger partial charge in [-0.25, -0.2) is 0 Å². The lowest BCUT2D eigenvalue weighted by molar-refractivity contribution is 0.441. The number of benzene rings is 1. The third-order valence-corrected chi connectivity index (χ3v) is 3.84. The molecular weight excluding hydrogens is 258 g/mol. The van der Waals surface area contributed by atoms with Gasteiger partial charge in [-0.05, 0) is 37.5 Å². The molecule has 0 bridgehead atoms. The lowest BCUT2D eigenvalue weighted by Crippen LogP contribution is -2.35. The van der Waals surface area contributed by atoms with E-state index >= 15 is 0 Å². The number of hydrogen-bond acceptors (Lipinski definition) is 1. The minimum Gasteiger partial charge on any atom is -0.370 e. The van der Waals surface area contributed by atoms with Gasteiger partial charge in [0.15, 0.2) is 5.96 Å². The van der Waals surface area contributed by atoms with Gasteiger partial charge in [-0.15, -0.1) is 0 Å². The van der Waals surface area contributed by atoms with E-state index in [0.717, 1.165) is 23.4 Å². The Morgan fingerprint density at radius 3 is 2.79 bits per heavy atom. The fourth-order valence-corrected chi connectivity index (χ4v) is 2.72. The van der Waals surface area contributed by atoms with E-state index < -0.39 is 0 Å². The Morgan fingerprint density at radius 2 is 2.11 bits per heavy atom. The molecule has 1 aliphatic carbocycles. The Labute approximate surface area is 120 Å². The number of aliphatic imine (C=N–C) groups is 1. The molecule has 0 radical (unpaired) electrons. The summed E-state index contributed by atoms with van der Waals surface area (Å²) < 4.78 is 0. The van der Waals surface area contributed by atoms with Gasteiger partial charge in [0, 0.05) is 5.02 Å². The van der Waals surface area contributed by atoms with Gasteiger partial charge in [-0.3, -0.25) is 4.99 Å². The van der Waals surface area contributed by atoms with E-state index in [-0.39, 0.29) is 6.04 Å². The van der Waals surface area contributed by atoms with Crippen LogP contribution in [0, 0.1) is 0 Å². The molecule has 1 aliphatic rings. The molecule has 1 aromatic rings. The number of hydrogen-bond donors (Lipinski definition) is 2. The van der Waals surface area contributed by atoms with Crippen LogP contribution < -0.4 is 11.1 Å². The zero-order valence-corrected chi connectivity index (χ0v) is 12.2. The van der Waals surface area contributed by atoms with E-state index in [1.165, 1.54) is 19.3 Å². The van der Waals surface area contributed by atoms with Gasteiger partial charge < -0.3 is 11.1 Å². The molecule has 3 N–H and O–H groups in total. The van der Waals surface area contributed by atoms with Crippen LogP contribution >= 0.6 is 11.6 Å². The summed E-state index contributed by atoms with van der Waals surface area (Å²) in [5.41, 5.74) is 7.11. The smallest absolute Gasteiger partial charge is 0.189 e. The highest BCUT2D eigenvalue weighted by molar-refractivity contribution is 6.30. The third-order valence-electron chi connectivity index (χ3n) is 3.61. The van der Waals surface area contributed by atoms with Gasteiger partial charge in [0.25, 0.3) is 0 Å². The van der Waals surface area contributed by atoms with Crippen LogP contribution in [0.3, 0.4) is 0 Å². The van der Waals surface area contributed by atoms with Gasteiger partial charge >= 0.3 is 0 Å². The van der Waals surface area contributed by atoms with Gasteiger partial charge in [-0.1, -0.05) is 43.0 Å². The number of nitrogens with one attached hydrogen (secondary N) is 1. The summed E-state index contributed by atoms with van der Waals surface area (Å²) in [6, 6.07) is 8.32. The molecule has 2 rings (SSSR count). The molecule has 1 fully saturated rings. The van der Waals surface area contributed by atoms with E-state index in [0.29, 0.717) is 12.0 Å². The molecule has 1 atom stereocenters. The fourth-order valence-electron chi connectivity index (χ4n) is 2.53. The highest BCUT2D eigenvalue weighted by atomic mass is 35.5. The molecule has 0 amide bonds. The van der Waals surface area contributed by atoms with Gasteiger partial charge in [0.05, 0.1) is 12.1 Å². The van der Waals surface area contributed by atoms with Crippen molar-refractivity contribution in [1.29, 1.82) is 0 Å². The minimum absolute atomic E-state index is 0.117. The second-order valence-corrected chi connectivity index (χ2v) is 5.66. The summed E-state index contributed by atoms with van der Waals surface area (Å²) in [5.74, 6) is 0.541. The molecule has 3 nitrogen and oxygen atoms in total.